The van der Waals surface area contributed by atoms with Gasteiger partial charge in [0.1, 0.15) is 28.6 Å². The first-order chi connectivity index (χ1) is 14.3. The minimum atomic E-state index is -1.11. The van der Waals surface area contributed by atoms with Gasteiger partial charge in [-0.15, -0.1) is 13.2 Å². The monoisotopic (exact) mass is 413 g/mol. The van der Waals surface area contributed by atoms with Gasteiger partial charge in [-0.2, -0.15) is 0 Å². The number of hydrogen-bond acceptors (Lipinski definition) is 5. The lowest BCUT2D eigenvalue weighted by molar-refractivity contribution is 0.0186. The molecular weight excluding hydrogens is 378 g/mol. The molecule has 2 rings (SSSR count). The second kappa shape index (κ2) is 11.0. The van der Waals surface area contributed by atoms with Crippen LogP contribution >= 0.6 is 0 Å². The second-order valence-electron chi connectivity index (χ2n) is 8.07. The molecule has 5 nitrogen and oxygen atoms in total. The molecule has 0 aliphatic rings. The number of furan rings is 1. The summed E-state index contributed by atoms with van der Waals surface area (Å²) in [6, 6.07) is 9.71. The molecule has 0 bridgehead atoms. The molecule has 0 amide bonds. The Morgan fingerprint density at radius 3 is 2.13 bits per heavy atom. The molecule has 164 valence electrons. The fraction of sp³-hybridized carbons (Fsp3) is 0.440. The molecular formula is C25H35NO4. The van der Waals surface area contributed by atoms with Crippen LogP contribution < -0.4 is 9.47 Å². The van der Waals surface area contributed by atoms with Crippen molar-refractivity contribution in [3.8, 4) is 11.5 Å². The number of hydrogen-bond donors (Lipinski definition) is 1. The third-order valence-corrected chi connectivity index (χ3v) is 4.90. The van der Waals surface area contributed by atoms with E-state index in [0.717, 1.165) is 35.9 Å². The first-order valence-electron chi connectivity index (χ1n) is 10.3. The van der Waals surface area contributed by atoms with Gasteiger partial charge in [0.2, 0.25) is 0 Å². The summed E-state index contributed by atoms with van der Waals surface area (Å²) >= 11 is 0. The summed E-state index contributed by atoms with van der Waals surface area (Å²) in [6.07, 6.45) is 4.22. The van der Waals surface area contributed by atoms with Gasteiger partial charge in [0.25, 0.3) is 0 Å². The molecule has 0 unspecified atom stereocenters. The number of benzene rings is 1. The topological polar surface area (TPSA) is 55.1 Å². The van der Waals surface area contributed by atoms with Gasteiger partial charge in [0.05, 0.1) is 20.8 Å². The van der Waals surface area contributed by atoms with Gasteiger partial charge in [0.15, 0.2) is 0 Å². The summed E-state index contributed by atoms with van der Waals surface area (Å²) in [5, 5.41) is 10.9. The van der Waals surface area contributed by atoms with Gasteiger partial charge < -0.3 is 19.0 Å². The van der Waals surface area contributed by atoms with E-state index in [1.54, 1.807) is 26.4 Å². The van der Waals surface area contributed by atoms with Crippen LogP contribution in [0.25, 0.3) is 0 Å². The van der Waals surface area contributed by atoms with Crippen LogP contribution in [-0.2, 0) is 18.7 Å². The Morgan fingerprint density at radius 2 is 1.63 bits per heavy atom. The van der Waals surface area contributed by atoms with E-state index in [9.17, 15) is 5.11 Å². The Kier molecular flexibility index (Phi) is 8.75. The number of methoxy groups -OCH3 is 2. The van der Waals surface area contributed by atoms with Crippen molar-refractivity contribution in [2.24, 2.45) is 5.92 Å². The van der Waals surface area contributed by atoms with Crippen molar-refractivity contribution in [3.63, 3.8) is 0 Å². The normalized spacial score (nSPS) is 11.7. The van der Waals surface area contributed by atoms with Gasteiger partial charge in [-0.05, 0) is 35.7 Å². The highest BCUT2D eigenvalue weighted by Gasteiger charge is 2.30. The zero-order valence-corrected chi connectivity index (χ0v) is 18.7. The molecule has 0 saturated carbocycles. The molecule has 30 heavy (non-hydrogen) atoms. The lowest BCUT2D eigenvalue weighted by Crippen LogP contribution is -2.27. The zero-order chi connectivity index (χ0) is 22.1. The van der Waals surface area contributed by atoms with Gasteiger partial charge in [0, 0.05) is 32.0 Å². The number of rotatable bonds is 13. The molecule has 1 heterocycles. The summed E-state index contributed by atoms with van der Waals surface area (Å²) in [4.78, 5) is 2.32. The van der Waals surface area contributed by atoms with Crippen LogP contribution in [0.15, 0.2) is 60.1 Å². The minimum absolute atomic E-state index is 0.408. The van der Waals surface area contributed by atoms with E-state index in [0.29, 0.717) is 31.1 Å². The van der Waals surface area contributed by atoms with Crippen molar-refractivity contribution < 1.29 is 19.0 Å². The molecule has 1 N–H and O–H groups in total. The van der Waals surface area contributed by atoms with E-state index in [1.807, 2.05) is 30.3 Å². The largest absolute Gasteiger partial charge is 0.497 e. The van der Waals surface area contributed by atoms with Gasteiger partial charge >= 0.3 is 0 Å². The fourth-order valence-corrected chi connectivity index (χ4v) is 3.61. The average molecular weight is 414 g/mol. The molecule has 1 aromatic heterocycles. The third-order valence-electron chi connectivity index (χ3n) is 4.90. The SMILES string of the molecule is C=CCC(O)(CC=C)c1ccc(CN(Cc2cc(OC)cc(OC)c2)CC(C)C)o1. The van der Waals surface area contributed by atoms with Crippen molar-refractivity contribution in [2.75, 3.05) is 20.8 Å². The second-order valence-corrected chi connectivity index (χ2v) is 8.07. The van der Waals surface area contributed by atoms with Crippen LogP contribution in [0.2, 0.25) is 0 Å². The number of aliphatic hydroxyl groups is 1. The van der Waals surface area contributed by atoms with Crippen molar-refractivity contribution in [1.29, 1.82) is 0 Å². The Morgan fingerprint density at radius 1 is 1.03 bits per heavy atom. The Hall–Kier alpha value is -2.50. The van der Waals surface area contributed by atoms with E-state index < -0.39 is 5.60 Å². The van der Waals surface area contributed by atoms with Gasteiger partial charge in [-0.25, -0.2) is 0 Å². The Bertz CT molecular complexity index is 792. The molecule has 0 aliphatic carbocycles. The molecule has 0 saturated heterocycles. The van der Waals surface area contributed by atoms with Crippen LogP contribution in [0, 0.1) is 5.92 Å². The third kappa shape index (κ3) is 6.51. The Balaban J connectivity index is 2.22. The van der Waals surface area contributed by atoms with Crippen LogP contribution in [0.3, 0.4) is 0 Å². The summed E-state index contributed by atoms with van der Waals surface area (Å²) in [5.41, 5.74) is -0.00131. The number of ether oxygens (including phenoxy) is 2. The van der Waals surface area contributed by atoms with Crippen LogP contribution in [0.5, 0.6) is 11.5 Å². The molecule has 0 fully saturated rings. The van der Waals surface area contributed by atoms with E-state index in [2.05, 4.69) is 31.9 Å². The van der Waals surface area contributed by atoms with E-state index in [-0.39, 0.29) is 0 Å². The highest BCUT2D eigenvalue weighted by atomic mass is 16.5. The summed E-state index contributed by atoms with van der Waals surface area (Å²) in [7, 11) is 3.31. The van der Waals surface area contributed by atoms with E-state index in [1.165, 1.54) is 0 Å². The van der Waals surface area contributed by atoms with Crippen molar-refractivity contribution in [1.82, 2.24) is 4.90 Å². The summed E-state index contributed by atoms with van der Waals surface area (Å²) < 4.78 is 16.9. The highest BCUT2D eigenvalue weighted by Crippen LogP contribution is 2.32. The quantitative estimate of drug-likeness (QED) is 0.452. The maximum atomic E-state index is 10.9. The van der Waals surface area contributed by atoms with Gasteiger partial charge in [-0.3, -0.25) is 4.90 Å². The standard InChI is InChI=1S/C25H35NO4/c1-7-11-25(27,12-8-2)24-10-9-21(30-24)18-26(16-19(3)4)17-20-13-22(28-5)15-23(14-20)29-6/h7-10,13-15,19,27H,1-2,11-12,16-18H2,3-6H3. The Labute approximate surface area is 180 Å². The fourth-order valence-electron chi connectivity index (χ4n) is 3.61. The van der Waals surface area contributed by atoms with Gasteiger partial charge in [-0.1, -0.05) is 26.0 Å². The lowest BCUT2D eigenvalue weighted by Gasteiger charge is -2.25. The summed E-state index contributed by atoms with van der Waals surface area (Å²) in [5.74, 6) is 3.39. The highest BCUT2D eigenvalue weighted by molar-refractivity contribution is 5.38. The van der Waals surface area contributed by atoms with Crippen molar-refractivity contribution in [2.45, 2.75) is 45.4 Å². The molecule has 1 aromatic carbocycles. The molecule has 0 atom stereocenters. The number of nitrogens with zero attached hydrogens (tertiary/aromatic N) is 1. The zero-order valence-electron chi connectivity index (χ0n) is 18.7. The van der Waals surface area contributed by atoms with Crippen LogP contribution in [-0.4, -0.2) is 30.8 Å². The molecule has 5 heteroatoms. The van der Waals surface area contributed by atoms with E-state index in [4.69, 9.17) is 13.9 Å². The maximum Gasteiger partial charge on any atom is 0.136 e. The predicted octanol–water partition coefficient (Wildman–Crippen LogP) is 5.29. The van der Waals surface area contributed by atoms with Crippen LogP contribution in [0.1, 0.15) is 43.8 Å². The predicted molar refractivity (Wildman–Crippen MR) is 121 cm³/mol. The molecule has 2 aromatic rings. The smallest absolute Gasteiger partial charge is 0.136 e. The summed E-state index contributed by atoms with van der Waals surface area (Å²) in [6.45, 7) is 14.2. The molecule has 0 radical (unpaired) electrons. The van der Waals surface area contributed by atoms with E-state index >= 15 is 0 Å². The maximum absolute atomic E-state index is 10.9. The lowest BCUT2D eigenvalue weighted by atomic mass is 9.93. The van der Waals surface area contributed by atoms with Crippen molar-refractivity contribution in [3.05, 3.63) is 72.7 Å². The molecule has 0 aliphatic heterocycles. The first kappa shape index (κ1) is 23.8. The van der Waals surface area contributed by atoms with Crippen molar-refractivity contribution >= 4 is 0 Å². The first-order valence-corrected chi connectivity index (χ1v) is 10.3. The minimum Gasteiger partial charge on any atom is -0.497 e. The molecule has 0 spiro atoms. The average Bonchev–Trinajstić information content (AvgIpc) is 3.16. The van der Waals surface area contributed by atoms with Crippen LogP contribution in [0.4, 0.5) is 0 Å².